The Labute approximate surface area is 105 Å². The van der Waals surface area contributed by atoms with Crippen molar-refractivity contribution in [3.8, 4) is 0 Å². The van der Waals surface area contributed by atoms with E-state index in [1.165, 1.54) is 6.92 Å². The topological polar surface area (TPSA) is 79.5 Å². The fourth-order valence-corrected chi connectivity index (χ4v) is 1.54. The van der Waals surface area contributed by atoms with Crippen LogP contribution < -0.4 is 10.6 Å². The minimum absolute atomic E-state index is 0.139. The van der Waals surface area contributed by atoms with E-state index in [0.29, 0.717) is 6.07 Å². The summed E-state index contributed by atoms with van der Waals surface area (Å²) in [7, 11) is 0. The van der Waals surface area contributed by atoms with E-state index >= 15 is 0 Å². The monoisotopic (exact) mass is 279 g/mol. The predicted octanol–water partition coefficient (Wildman–Crippen LogP) is 2.14. The highest BCUT2D eigenvalue weighted by atomic mass is 32.1. The maximum absolute atomic E-state index is 12.8. The number of thiocarbonyl (C=S) groups is 1. The number of rotatable bonds is 1. The molecule has 1 rings (SSSR count). The first-order valence-electron chi connectivity index (χ1n) is 4.51. The first-order valence-corrected chi connectivity index (χ1v) is 4.92. The minimum Gasteiger partial charge on any atom is -0.464 e. The van der Waals surface area contributed by atoms with Gasteiger partial charge in [0.15, 0.2) is 5.11 Å². The number of alkyl halides is 3. The van der Waals surface area contributed by atoms with Gasteiger partial charge in [-0.2, -0.15) is 13.2 Å². The number of carbonyl (C=O) groups is 1. The first kappa shape index (κ1) is 14.2. The van der Waals surface area contributed by atoms with Crippen molar-refractivity contribution in [1.29, 1.82) is 0 Å². The van der Waals surface area contributed by atoms with E-state index < -0.39 is 28.6 Å². The van der Waals surface area contributed by atoms with E-state index in [1.54, 1.807) is 0 Å². The second kappa shape index (κ2) is 4.77. The van der Waals surface area contributed by atoms with Crippen LogP contribution in [0, 0.1) is 6.92 Å². The quantitative estimate of drug-likeness (QED) is 0.770. The summed E-state index contributed by atoms with van der Waals surface area (Å²) in [6.45, 7) is 1.23. The Morgan fingerprint density at radius 3 is 2.50 bits per heavy atom. The number of pyridine rings is 1. The third kappa shape index (κ3) is 2.67. The van der Waals surface area contributed by atoms with Crippen molar-refractivity contribution in [2.45, 2.75) is 13.1 Å². The van der Waals surface area contributed by atoms with Gasteiger partial charge in [-0.25, -0.2) is 9.69 Å². The maximum atomic E-state index is 12.8. The van der Waals surface area contributed by atoms with Crippen LogP contribution in [-0.4, -0.2) is 21.3 Å². The molecule has 1 amide bonds. The first-order chi connectivity index (χ1) is 8.16. The van der Waals surface area contributed by atoms with Gasteiger partial charge in [-0.05, 0) is 25.2 Å². The van der Waals surface area contributed by atoms with Gasteiger partial charge in [-0.1, -0.05) is 0 Å². The highest BCUT2D eigenvalue weighted by Gasteiger charge is 2.38. The van der Waals surface area contributed by atoms with E-state index in [9.17, 15) is 18.0 Å². The molecule has 98 valence electrons. The lowest BCUT2D eigenvalue weighted by Crippen LogP contribution is -2.41. The van der Waals surface area contributed by atoms with Crippen LogP contribution in [0.3, 0.4) is 0 Å². The Balaban J connectivity index is 3.56. The summed E-state index contributed by atoms with van der Waals surface area (Å²) in [5.41, 5.74) is 3.16. The van der Waals surface area contributed by atoms with Crippen molar-refractivity contribution in [2.75, 3.05) is 4.90 Å². The number of anilines is 1. The number of hydrogen-bond donors (Lipinski definition) is 2. The normalized spacial score (nSPS) is 11.1. The number of aromatic nitrogens is 1. The molecule has 0 saturated heterocycles. The van der Waals surface area contributed by atoms with Crippen LogP contribution in [0.2, 0.25) is 0 Å². The number of amides is 1. The second-order valence-corrected chi connectivity index (χ2v) is 3.66. The molecule has 0 aliphatic rings. The lowest BCUT2D eigenvalue weighted by Gasteiger charge is -2.22. The number of hydrogen-bond acceptors (Lipinski definition) is 3. The Morgan fingerprint density at radius 2 is 2.11 bits per heavy atom. The SMILES string of the molecule is Cc1nccc(C(F)(F)F)c1N(C(=O)O)C(N)=S. The molecule has 0 saturated carbocycles. The van der Waals surface area contributed by atoms with Gasteiger partial charge in [0.25, 0.3) is 0 Å². The lowest BCUT2D eigenvalue weighted by molar-refractivity contribution is -0.137. The molecule has 0 spiro atoms. The molecule has 18 heavy (non-hydrogen) atoms. The molecule has 0 unspecified atom stereocenters. The summed E-state index contributed by atoms with van der Waals surface area (Å²) in [6, 6.07) is 0.663. The molecule has 5 nitrogen and oxygen atoms in total. The van der Waals surface area contributed by atoms with Gasteiger partial charge in [0, 0.05) is 6.20 Å². The van der Waals surface area contributed by atoms with Gasteiger partial charge < -0.3 is 10.8 Å². The predicted molar refractivity (Wildman–Crippen MR) is 61.3 cm³/mol. The summed E-state index contributed by atoms with van der Waals surface area (Å²) in [5.74, 6) is 0. The number of carboxylic acid groups (broad SMARTS) is 1. The fourth-order valence-electron chi connectivity index (χ4n) is 1.37. The molecule has 0 atom stereocenters. The molecular formula is C9H8F3N3O2S. The third-order valence-electron chi connectivity index (χ3n) is 2.05. The fraction of sp³-hybridized carbons (Fsp3) is 0.222. The molecule has 9 heteroatoms. The molecule has 0 aromatic carbocycles. The highest BCUT2D eigenvalue weighted by Crippen LogP contribution is 2.37. The zero-order valence-corrected chi connectivity index (χ0v) is 9.84. The van der Waals surface area contributed by atoms with Crippen molar-refractivity contribution in [3.05, 3.63) is 23.5 Å². The summed E-state index contributed by atoms with van der Waals surface area (Å²) in [4.78, 5) is 14.7. The lowest BCUT2D eigenvalue weighted by atomic mass is 10.1. The van der Waals surface area contributed by atoms with Gasteiger partial charge in [-0.15, -0.1) is 0 Å². The molecule has 1 aromatic rings. The Hall–Kier alpha value is -1.90. The van der Waals surface area contributed by atoms with Crippen LogP contribution in [0.15, 0.2) is 12.3 Å². The van der Waals surface area contributed by atoms with E-state index in [-0.39, 0.29) is 10.6 Å². The van der Waals surface area contributed by atoms with E-state index in [0.717, 1.165) is 6.20 Å². The molecule has 0 fully saturated rings. The smallest absolute Gasteiger partial charge is 0.418 e. The molecule has 0 bridgehead atoms. The van der Waals surface area contributed by atoms with Crippen LogP contribution in [0.1, 0.15) is 11.3 Å². The summed E-state index contributed by atoms with van der Waals surface area (Å²) in [6.07, 6.45) is -5.51. The van der Waals surface area contributed by atoms with Gasteiger partial charge in [0.2, 0.25) is 0 Å². The summed E-state index contributed by atoms with van der Waals surface area (Å²) < 4.78 is 38.4. The van der Waals surface area contributed by atoms with E-state index in [1.807, 2.05) is 0 Å². The number of nitrogens with zero attached hydrogens (tertiary/aromatic N) is 2. The Bertz CT molecular complexity index is 490. The number of aryl methyl sites for hydroxylation is 1. The minimum atomic E-state index is -4.73. The molecule has 1 heterocycles. The average molecular weight is 279 g/mol. The van der Waals surface area contributed by atoms with Gasteiger partial charge in [-0.3, -0.25) is 4.98 Å². The zero-order valence-electron chi connectivity index (χ0n) is 9.02. The highest BCUT2D eigenvalue weighted by molar-refractivity contribution is 7.80. The standard InChI is InChI=1S/C9H8F3N3O2S/c1-4-6(15(7(13)18)8(16)17)5(2-3-14-4)9(10,11)12/h2-3H,1H3,(H2,13,18)(H,16,17). The molecule has 3 N–H and O–H groups in total. The van der Waals surface area contributed by atoms with Crippen LogP contribution in [0.5, 0.6) is 0 Å². The maximum Gasteiger partial charge on any atom is 0.418 e. The summed E-state index contributed by atoms with van der Waals surface area (Å²) in [5, 5.41) is 8.17. The van der Waals surface area contributed by atoms with E-state index in [4.69, 9.17) is 10.8 Å². The Kier molecular flexibility index (Phi) is 3.75. The number of halogens is 3. The molecule has 0 radical (unpaired) electrons. The average Bonchev–Trinajstić information content (AvgIpc) is 2.17. The van der Waals surface area contributed by atoms with Crippen LogP contribution >= 0.6 is 12.2 Å². The second-order valence-electron chi connectivity index (χ2n) is 3.25. The Morgan fingerprint density at radius 1 is 1.56 bits per heavy atom. The van der Waals surface area contributed by atoms with Gasteiger partial charge in [0.1, 0.15) is 0 Å². The zero-order chi connectivity index (χ0) is 14.1. The molecular weight excluding hydrogens is 271 g/mol. The van der Waals surface area contributed by atoms with Gasteiger partial charge >= 0.3 is 12.3 Å². The van der Waals surface area contributed by atoms with Crippen LogP contribution in [0.25, 0.3) is 0 Å². The largest absolute Gasteiger partial charge is 0.464 e. The third-order valence-corrected chi connectivity index (χ3v) is 2.23. The molecule has 0 aliphatic heterocycles. The van der Waals surface area contributed by atoms with Crippen molar-refractivity contribution < 1.29 is 23.1 Å². The van der Waals surface area contributed by atoms with Crippen molar-refractivity contribution in [1.82, 2.24) is 4.98 Å². The molecule has 0 aliphatic carbocycles. The van der Waals surface area contributed by atoms with Crippen molar-refractivity contribution in [2.24, 2.45) is 5.73 Å². The van der Waals surface area contributed by atoms with Crippen molar-refractivity contribution >= 4 is 29.1 Å². The van der Waals surface area contributed by atoms with Crippen LogP contribution in [0.4, 0.5) is 23.7 Å². The van der Waals surface area contributed by atoms with Gasteiger partial charge in [0.05, 0.1) is 16.9 Å². The van der Waals surface area contributed by atoms with Crippen molar-refractivity contribution in [3.63, 3.8) is 0 Å². The number of nitrogens with two attached hydrogens (primary N) is 1. The summed E-state index contributed by atoms with van der Waals surface area (Å²) >= 11 is 4.45. The van der Waals surface area contributed by atoms with Crippen LogP contribution in [-0.2, 0) is 6.18 Å². The molecule has 1 aromatic heterocycles. The van der Waals surface area contributed by atoms with E-state index in [2.05, 4.69) is 17.2 Å².